The molecule has 1 heterocycles. The molecule has 118 valence electrons. The van der Waals surface area contributed by atoms with Gasteiger partial charge in [0.15, 0.2) is 0 Å². The van der Waals surface area contributed by atoms with Gasteiger partial charge in [-0.15, -0.1) is 18.3 Å². The lowest BCUT2D eigenvalue weighted by molar-refractivity contribution is -0.129. The number of carbonyl (C=O) groups excluding carboxylic acids is 1. The second kappa shape index (κ2) is 11.4. The third kappa shape index (κ3) is 6.94. The number of hydrogen-bond acceptors (Lipinski definition) is 2. The number of amides is 1. The minimum Gasteiger partial charge on any atom is -0.521 e. The highest BCUT2D eigenvalue weighted by Crippen LogP contribution is 2.17. The summed E-state index contributed by atoms with van der Waals surface area (Å²) in [5, 5.41) is 0. The Morgan fingerprint density at radius 2 is 1.60 bits per heavy atom. The third-order valence-electron chi connectivity index (χ3n) is 3.80. The van der Waals surface area contributed by atoms with E-state index in [0.717, 1.165) is 13.0 Å². The zero-order chi connectivity index (χ0) is 14.6. The third-order valence-corrected chi connectivity index (χ3v) is 4.08. The maximum Gasteiger partial charge on any atom is 0.222 e. The van der Waals surface area contributed by atoms with Crippen molar-refractivity contribution in [1.82, 2.24) is 4.90 Å². The van der Waals surface area contributed by atoms with Crippen LogP contribution in [0, 0.1) is 6.73 Å². The van der Waals surface area contributed by atoms with Gasteiger partial charge in [-0.1, -0.05) is 64.7 Å². The van der Waals surface area contributed by atoms with Crippen LogP contribution in [0.4, 0.5) is 0 Å². The second-order valence-electron chi connectivity index (χ2n) is 5.60. The molecule has 1 atom stereocenters. The molecular weight excluding hydrogens is 274 g/mol. The largest absolute Gasteiger partial charge is 0.521 e. The molecular formula is C16H29ClNO2-. The predicted molar refractivity (Wildman–Crippen MR) is 83.5 cm³/mol. The smallest absolute Gasteiger partial charge is 0.222 e. The van der Waals surface area contributed by atoms with E-state index in [-0.39, 0.29) is 11.8 Å². The minimum atomic E-state index is -0.459. The average molecular weight is 303 g/mol. The van der Waals surface area contributed by atoms with E-state index in [9.17, 15) is 4.79 Å². The van der Waals surface area contributed by atoms with Crippen molar-refractivity contribution in [3.8, 4) is 0 Å². The summed E-state index contributed by atoms with van der Waals surface area (Å²) in [4.78, 5) is 13.4. The van der Waals surface area contributed by atoms with Crippen molar-refractivity contribution in [3.05, 3.63) is 6.73 Å². The summed E-state index contributed by atoms with van der Waals surface area (Å²) >= 11 is 5.64. The first-order chi connectivity index (χ1) is 9.79. The monoisotopic (exact) mass is 302 g/mol. The van der Waals surface area contributed by atoms with Crippen LogP contribution in [0.2, 0.25) is 0 Å². The van der Waals surface area contributed by atoms with Crippen LogP contribution in [0.5, 0.6) is 0 Å². The number of hydrogen-bond donors (Lipinski definition) is 0. The molecule has 0 saturated carbocycles. The van der Waals surface area contributed by atoms with Gasteiger partial charge in [0, 0.05) is 0 Å². The average Bonchev–Trinajstić information content (AvgIpc) is 2.81. The van der Waals surface area contributed by atoms with Gasteiger partial charge in [-0.25, -0.2) is 0 Å². The van der Waals surface area contributed by atoms with Crippen molar-refractivity contribution in [2.24, 2.45) is 0 Å². The highest BCUT2D eigenvalue weighted by atomic mass is 35.5. The second-order valence-corrected chi connectivity index (χ2v) is 5.91. The van der Waals surface area contributed by atoms with Gasteiger partial charge in [0.25, 0.3) is 0 Å². The van der Waals surface area contributed by atoms with Crippen molar-refractivity contribution >= 4 is 17.5 Å². The quantitative estimate of drug-likeness (QED) is 0.302. The number of alkyl halides is 1. The fourth-order valence-corrected chi connectivity index (χ4v) is 2.68. The number of carbonyl (C=O) groups is 1. The molecule has 0 aromatic rings. The van der Waals surface area contributed by atoms with Crippen LogP contribution in [0.1, 0.15) is 71.1 Å². The van der Waals surface area contributed by atoms with E-state index in [4.69, 9.17) is 16.3 Å². The summed E-state index contributed by atoms with van der Waals surface area (Å²) in [5.74, 6) is 0.250. The first-order valence-electron chi connectivity index (χ1n) is 8.14. The molecule has 0 radical (unpaired) electrons. The summed E-state index contributed by atoms with van der Waals surface area (Å²) in [6, 6.07) is 0. The Morgan fingerprint density at radius 3 is 2.10 bits per heavy atom. The summed E-state index contributed by atoms with van der Waals surface area (Å²) in [5.41, 5.74) is 0. The highest BCUT2D eigenvalue weighted by Gasteiger charge is 2.23. The van der Waals surface area contributed by atoms with E-state index < -0.39 is 6.10 Å². The van der Waals surface area contributed by atoms with E-state index in [2.05, 4.69) is 6.92 Å². The van der Waals surface area contributed by atoms with Crippen molar-refractivity contribution in [2.45, 2.75) is 77.2 Å². The van der Waals surface area contributed by atoms with Crippen molar-refractivity contribution in [2.75, 3.05) is 12.4 Å². The summed E-state index contributed by atoms with van der Waals surface area (Å²) in [6.45, 7) is 4.55. The van der Waals surface area contributed by atoms with Gasteiger partial charge >= 0.3 is 0 Å². The van der Waals surface area contributed by atoms with E-state index in [1.807, 2.05) is 0 Å². The van der Waals surface area contributed by atoms with Crippen molar-refractivity contribution in [3.63, 3.8) is 0 Å². The molecule has 4 heteroatoms. The molecule has 0 N–H and O–H groups in total. The Kier molecular flexibility index (Phi) is 10.1. The first kappa shape index (κ1) is 17.8. The SMILES string of the molecule is CCCCCCCCCCCCN1[CH-]OC(CCl)C1=O. The molecule has 1 fully saturated rings. The molecule has 1 amide bonds. The van der Waals surface area contributed by atoms with Crippen LogP contribution >= 0.6 is 11.6 Å². The molecule has 1 rings (SSSR count). The predicted octanol–water partition coefficient (Wildman–Crippen LogP) is 4.49. The Bertz CT molecular complexity index is 261. The summed E-state index contributed by atoms with van der Waals surface area (Å²) in [7, 11) is 0. The number of halogens is 1. The van der Waals surface area contributed by atoms with Gasteiger partial charge in [-0.05, 0) is 13.0 Å². The normalized spacial score (nSPS) is 19.0. The number of unbranched alkanes of at least 4 members (excludes halogenated alkanes) is 9. The van der Waals surface area contributed by atoms with Gasteiger partial charge in [0.1, 0.15) is 6.10 Å². The minimum absolute atomic E-state index is 0.0101. The Labute approximate surface area is 129 Å². The fourth-order valence-electron chi connectivity index (χ4n) is 2.48. The van der Waals surface area contributed by atoms with Crippen LogP contribution in [0.25, 0.3) is 0 Å². The van der Waals surface area contributed by atoms with Gasteiger partial charge in [0.05, 0.1) is 5.88 Å². The lowest BCUT2D eigenvalue weighted by Gasteiger charge is -2.23. The van der Waals surface area contributed by atoms with Gasteiger partial charge in [0.2, 0.25) is 5.91 Å². The number of nitrogens with zero attached hydrogens (tertiary/aromatic N) is 1. The number of rotatable bonds is 12. The molecule has 1 saturated heterocycles. The Hall–Kier alpha value is -0.280. The van der Waals surface area contributed by atoms with Crippen LogP contribution in [0.3, 0.4) is 0 Å². The van der Waals surface area contributed by atoms with E-state index >= 15 is 0 Å². The Morgan fingerprint density at radius 1 is 1.05 bits per heavy atom. The lowest BCUT2D eigenvalue weighted by Crippen LogP contribution is -2.30. The van der Waals surface area contributed by atoms with E-state index in [1.165, 1.54) is 64.5 Å². The van der Waals surface area contributed by atoms with E-state index in [0.29, 0.717) is 0 Å². The molecule has 1 aliphatic rings. The maximum atomic E-state index is 11.7. The fraction of sp³-hybridized carbons (Fsp3) is 0.875. The van der Waals surface area contributed by atoms with Crippen LogP contribution in [-0.2, 0) is 9.53 Å². The van der Waals surface area contributed by atoms with Crippen molar-refractivity contribution in [1.29, 1.82) is 0 Å². The topological polar surface area (TPSA) is 29.5 Å². The molecule has 0 aromatic heterocycles. The lowest BCUT2D eigenvalue weighted by atomic mass is 10.1. The summed E-state index contributed by atoms with van der Waals surface area (Å²) < 4.78 is 5.19. The Balaban J connectivity index is 1.87. The molecule has 0 aromatic carbocycles. The maximum absolute atomic E-state index is 11.7. The van der Waals surface area contributed by atoms with Crippen molar-refractivity contribution < 1.29 is 9.53 Å². The zero-order valence-electron chi connectivity index (χ0n) is 12.8. The first-order valence-corrected chi connectivity index (χ1v) is 8.68. The standard InChI is InChI=1S/C16H29ClNO2/c1-2-3-4-5-6-7-8-9-10-11-12-18-14-20-15(13-17)16(18)19/h14-15H,2-13H2,1H3/q-1. The molecule has 3 nitrogen and oxygen atoms in total. The highest BCUT2D eigenvalue weighted by molar-refractivity contribution is 6.19. The molecule has 0 bridgehead atoms. The zero-order valence-corrected chi connectivity index (χ0v) is 13.5. The molecule has 0 aliphatic carbocycles. The van der Waals surface area contributed by atoms with Crippen LogP contribution in [0.15, 0.2) is 0 Å². The molecule has 0 spiro atoms. The van der Waals surface area contributed by atoms with Crippen LogP contribution < -0.4 is 0 Å². The van der Waals surface area contributed by atoms with Gasteiger partial charge in [-0.3, -0.25) is 4.79 Å². The van der Waals surface area contributed by atoms with Crippen LogP contribution in [-0.4, -0.2) is 29.3 Å². The van der Waals surface area contributed by atoms with E-state index in [1.54, 1.807) is 4.90 Å². The summed E-state index contributed by atoms with van der Waals surface area (Å²) in [6.07, 6.45) is 12.6. The van der Waals surface area contributed by atoms with Gasteiger partial charge < -0.3 is 9.64 Å². The van der Waals surface area contributed by atoms with Gasteiger partial charge in [-0.2, -0.15) is 0 Å². The molecule has 20 heavy (non-hydrogen) atoms. The number of ether oxygens (including phenoxy) is 1. The molecule has 1 aliphatic heterocycles. The molecule has 1 unspecified atom stereocenters.